The Kier molecular flexibility index (Phi) is 12.3. The molecule has 14 heteroatoms. The van der Waals surface area contributed by atoms with E-state index in [0.717, 1.165) is 0 Å². The van der Waals surface area contributed by atoms with E-state index in [2.05, 4.69) is 41.2 Å². The van der Waals surface area contributed by atoms with Gasteiger partial charge in [-0.25, -0.2) is 4.79 Å². The lowest BCUT2D eigenvalue weighted by molar-refractivity contribution is -0.143. The van der Waals surface area contributed by atoms with Gasteiger partial charge in [0.2, 0.25) is 17.7 Å². The quantitative estimate of drug-likeness (QED) is 0.129. The molecule has 166 valence electrons. The third-order valence-corrected chi connectivity index (χ3v) is 4.45. The fourth-order valence-corrected chi connectivity index (χ4v) is 2.46. The number of hydrogen-bond acceptors (Lipinski definition) is 9. The zero-order chi connectivity index (χ0) is 22.7. The lowest BCUT2D eigenvalue weighted by atomic mass is 10.1. The van der Waals surface area contributed by atoms with Crippen molar-refractivity contribution < 1.29 is 39.3 Å². The minimum Gasteiger partial charge on any atom is -0.481 e. The van der Waals surface area contributed by atoms with Gasteiger partial charge >= 0.3 is 11.9 Å². The van der Waals surface area contributed by atoms with Crippen LogP contribution in [0, 0.1) is 0 Å². The topological polar surface area (TPSA) is 208 Å². The predicted molar refractivity (Wildman–Crippen MR) is 108 cm³/mol. The van der Waals surface area contributed by atoms with E-state index in [1.54, 1.807) is 0 Å². The number of thiol groups is 2. The Balaban J connectivity index is 5.01. The second-order valence-corrected chi connectivity index (χ2v) is 6.82. The average molecular weight is 455 g/mol. The Morgan fingerprint density at radius 2 is 1.28 bits per heavy atom. The van der Waals surface area contributed by atoms with Crippen molar-refractivity contribution in [3.8, 4) is 0 Å². The van der Waals surface area contributed by atoms with E-state index < -0.39 is 66.4 Å². The molecule has 29 heavy (non-hydrogen) atoms. The van der Waals surface area contributed by atoms with Crippen LogP contribution in [0.25, 0.3) is 0 Å². The first-order valence-electron chi connectivity index (χ1n) is 8.45. The molecule has 8 N–H and O–H groups in total. The van der Waals surface area contributed by atoms with Crippen LogP contribution in [0.5, 0.6) is 0 Å². The number of carboxylic acids is 2. The first-order chi connectivity index (χ1) is 13.4. The van der Waals surface area contributed by atoms with Crippen molar-refractivity contribution in [1.29, 1.82) is 0 Å². The summed E-state index contributed by atoms with van der Waals surface area (Å²) in [5.74, 6) is -5.52. The number of aliphatic carboxylic acids is 2. The number of carboxylic acid groups (broad SMARTS) is 2. The van der Waals surface area contributed by atoms with E-state index in [0.29, 0.717) is 0 Å². The van der Waals surface area contributed by atoms with Gasteiger partial charge < -0.3 is 37.0 Å². The minimum absolute atomic E-state index is 0.151. The van der Waals surface area contributed by atoms with Crippen molar-refractivity contribution in [3.05, 3.63) is 0 Å². The van der Waals surface area contributed by atoms with Crippen LogP contribution < -0.4 is 21.7 Å². The second-order valence-electron chi connectivity index (χ2n) is 6.09. The molecule has 0 rings (SSSR count). The van der Waals surface area contributed by atoms with Crippen LogP contribution in [-0.4, -0.2) is 86.8 Å². The number of aliphatic hydroxyl groups is 1. The normalized spacial score (nSPS) is 15.9. The predicted octanol–water partition coefficient (Wildman–Crippen LogP) is -3.04. The van der Waals surface area contributed by atoms with E-state index in [-0.39, 0.29) is 17.9 Å². The molecule has 0 bridgehead atoms. The fraction of sp³-hybridized carbons (Fsp3) is 0.667. The molecule has 12 nitrogen and oxygen atoms in total. The van der Waals surface area contributed by atoms with Crippen molar-refractivity contribution in [1.82, 2.24) is 16.0 Å². The van der Waals surface area contributed by atoms with Gasteiger partial charge in [0.15, 0.2) is 0 Å². The maximum Gasteiger partial charge on any atom is 0.326 e. The van der Waals surface area contributed by atoms with Gasteiger partial charge in [-0.15, -0.1) is 0 Å². The van der Waals surface area contributed by atoms with Gasteiger partial charge in [-0.2, -0.15) is 25.3 Å². The number of carbonyl (C=O) groups excluding carboxylic acids is 3. The van der Waals surface area contributed by atoms with Crippen LogP contribution in [0.3, 0.4) is 0 Å². The molecular formula is C15H26N4O8S2. The highest BCUT2D eigenvalue weighted by atomic mass is 32.1. The molecule has 0 radical (unpaired) electrons. The fourth-order valence-electron chi connectivity index (χ4n) is 1.95. The molecule has 3 amide bonds. The number of nitrogens with one attached hydrogen (secondary N) is 3. The van der Waals surface area contributed by atoms with Crippen LogP contribution in [0.15, 0.2) is 0 Å². The molecule has 5 atom stereocenters. The molecule has 0 aromatic carbocycles. The maximum absolute atomic E-state index is 12.3. The number of hydrogen-bond donors (Lipinski definition) is 9. The third-order valence-electron chi connectivity index (χ3n) is 3.72. The minimum atomic E-state index is -1.47. The van der Waals surface area contributed by atoms with Crippen LogP contribution >= 0.6 is 25.3 Å². The number of aliphatic hydroxyl groups excluding tert-OH is 1. The van der Waals surface area contributed by atoms with Crippen molar-refractivity contribution in [2.24, 2.45) is 5.73 Å². The highest BCUT2D eigenvalue weighted by molar-refractivity contribution is 7.80. The van der Waals surface area contributed by atoms with E-state index in [1.165, 1.54) is 6.92 Å². The molecule has 0 saturated heterocycles. The molecule has 0 heterocycles. The van der Waals surface area contributed by atoms with Gasteiger partial charge in [0, 0.05) is 17.9 Å². The summed E-state index contributed by atoms with van der Waals surface area (Å²) in [5, 5.41) is 33.8. The Labute approximate surface area is 177 Å². The molecule has 5 unspecified atom stereocenters. The number of rotatable bonds is 13. The monoisotopic (exact) mass is 454 g/mol. The Morgan fingerprint density at radius 1 is 0.862 bits per heavy atom. The zero-order valence-corrected chi connectivity index (χ0v) is 17.4. The van der Waals surface area contributed by atoms with Crippen molar-refractivity contribution >= 4 is 54.9 Å². The van der Waals surface area contributed by atoms with Gasteiger partial charge in [0.1, 0.15) is 24.2 Å². The summed E-state index contributed by atoms with van der Waals surface area (Å²) < 4.78 is 0. The molecule has 0 aliphatic rings. The Hall–Kier alpha value is -2.03. The van der Waals surface area contributed by atoms with Crippen molar-refractivity contribution in [2.45, 2.75) is 50.0 Å². The van der Waals surface area contributed by atoms with E-state index in [4.69, 9.17) is 15.9 Å². The largest absolute Gasteiger partial charge is 0.481 e. The van der Waals surface area contributed by atoms with Crippen LogP contribution in [0.1, 0.15) is 19.8 Å². The van der Waals surface area contributed by atoms with Gasteiger partial charge in [0.05, 0.1) is 6.10 Å². The highest BCUT2D eigenvalue weighted by Gasteiger charge is 2.30. The van der Waals surface area contributed by atoms with E-state index in [1.807, 2.05) is 0 Å². The Bertz CT molecular complexity index is 619. The van der Waals surface area contributed by atoms with E-state index >= 15 is 0 Å². The third kappa shape index (κ3) is 9.83. The first-order valence-corrected chi connectivity index (χ1v) is 9.72. The molecule has 0 fully saturated rings. The highest BCUT2D eigenvalue weighted by Crippen LogP contribution is 2.01. The summed E-state index contributed by atoms with van der Waals surface area (Å²) in [6.45, 7) is 1.30. The summed E-state index contributed by atoms with van der Waals surface area (Å²) in [5.41, 5.74) is 5.48. The van der Waals surface area contributed by atoms with Crippen LogP contribution in [-0.2, 0) is 24.0 Å². The molecule has 0 saturated carbocycles. The van der Waals surface area contributed by atoms with Crippen LogP contribution in [0.2, 0.25) is 0 Å². The molecule has 0 aliphatic carbocycles. The molecule has 0 aromatic rings. The average Bonchev–Trinajstić information content (AvgIpc) is 2.65. The maximum atomic E-state index is 12.3. The second kappa shape index (κ2) is 13.2. The zero-order valence-electron chi connectivity index (χ0n) is 15.6. The van der Waals surface area contributed by atoms with Crippen molar-refractivity contribution in [2.75, 3.05) is 11.5 Å². The molecule has 0 aliphatic heterocycles. The van der Waals surface area contributed by atoms with Crippen molar-refractivity contribution in [3.63, 3.8) is 0 Å². The van der Waals surface area contributed by atoms with E-state index in [9.17, 15) is 29.1 Å². The van der Waals surface area contributed by atoms with Crippen LogP contribution in [0.4, 0.5) is 0 Å². The Morgan fingerprint density at radius 3 is 1.62 bits per heavy atom. The SMILES string of the molecule is CC(O)C(N)C(=O)NC(CS)C(=O)NC(CS)C(=O)NC(CCC(=O)O)C(=O)O. The van der Waals surface area contributed by atoms with Gasteiger partial charge in [-0.1, -0.05) is 0 Å². The smallest absolute Gasteiger partial charge is 0.326 e. The summed E-state index contributed by atoms with van der Waals surface area (Å²) in [6.07, 6.45) is -1.99. The first kappa shape index (κ1) is 27.0. The summed E-state index contributed by atoms with van der Waals surface area (Å²) in [4.78, 5) is 58.2. The van der Waals surface area contributed by atoms with Gasteiger partial charge in [-0.05, 0) is 13.3 Å². The number of amides is 3. The summed E-state index contributed by atoms with van der Waals surface area (Å²) in [7, 11) is 0. The lowest BCUT2D eigenvalue weighted by Crippen LogP contribution is -2.59. The lowest BCUT2D eigenvalue weighted by Gasteiger charge is -2.24. The molecule has 0 spiro atoms. The summed E-state index contributed by atoms with van der Waals surface area (Å²) >= 11 is 7.89. The standard InChI is InChI=1S/C15H26N4O8S2/c1-6(20)11(16)14(25)19-9(5-29)13(24)18-8(4-28)12(23)17-7(15(26)27)2-3-10(21)22/h6-9,11,20,28-29H,2-5,16H2,1H3,(H,17,23)(H,18,24)(H,19,25)(H,21,22)(H,26,27). The number of nitrogens with two attached hydrogens (primary N) is 1. The molecule has 0 aromatic heterocycles. The molecular weight excluding hydrogens is 428 g/mol. The summed E-state index contributed by atoms with van der Waals surface area (Å²) in [6, 6.07) is -5.20. The van der Waals surface area contributed by atoms with Gasteiger partial charge in [0.25, 0.3) is 0 Å². The number of carbonyl (C=O) groups is 5. The van der Waals surface area contributed by atoms with Gasteiger partial charge in [-0.3, -0.25) is 19.2 Å².